The van der Waals surface area contributed by atoms with Crippen LogP contribution in [0.2, 0.25) is 0 Å². The Morgan fingerprint density at radius 2 is 2.05 bits per heavy atom. The monoisotopic (exact) mass is 263 g/mol. The normalized spacial score (nSPS) is 27.1. The van der Waals surface area contributed by atoms with Crippen LogP contribution in [0.25, 0.3) is 0 Å². The molecule has 0 saturated carbocycles. The molecule has 3 nitrogen and oxygen atoms in total. The number of hydrogen-bond donors (Lipinski definition) is 2. The fourth-order valence-electron chi connectivity index (χ4n) is 2.45. The Morgan fingerprint density at radius 1 is 1.37 bits per heavy atom. The van der Waals surface area contributed by atoms with Gasteiger partial charge in [-0.15, -0.1) is 0 Å². The van der Waals surface area contributed by atoms with Crippen LogP contribution in [0.1, 0.15) is 44.2 Å². The molecule has 0 aliphatic carbocycles. The smallest absolute Gasteiger partial charge is 0.105 e. The molecule has 2 N–H and O–H groups in total. The van der Waals surface area contributed by atoms with Gasteiger partial charge in [0.1, 0.15) is 5.60 Å². The summed E-state index contributed by atoms with van der Waals surface area (Å²) in [6.07, 6.45) is 0.635. The number of aliphatic hydroxyl groups is 1. The molecule has 1 fully saturated rings. The molecule has 1 heterocycles. The molecule has 0 aromatic heterocycles. The molecule has 1 aromatic carbocycles. The maximum absolute atomic E-state index is 10.4. The summed E-state index contributed by atoms with van der Waals surface area (Å²) in [6, 6.07) is 8.66. The third-order valence-electron chi connectivity index (χ3n) is 4.07. The summed E-state index contributed by atoms with van der Waals surface area (Å²) in [7, 11) is 0. The molecule has 106 valence electrons. The molecule has 1 aliphatic rings. The van der Waals surface area contributed by atoms with Gasteiger partial charge in [0.2, 0.25) is 0 Å². The van der Waals surface area contributed by atoms with E-state index in [9.17, 15) is 5.11 Å². The highest BCUT2D eigenvalue weighted by Gasteiger charge is 2.38. The van der Waals surface area contributed by atoms with Crippen molar-refractivity contribution >= 4 is 0 Å². The molecular weight excluding hydrogens is 238 g/mol. The lowest BCUT2D eigenvalue weighted by molar-refractivity contribution is -0.0262. The van der Waals surface area contributed by atoms with E-state index in [0.29, 0.717) is 25.5 Å². The maximum atomic E-state index is 10.4. The SMILES string of the molecule is CC(C)c1ccc(CNCC2(O)CCOC2C)cc1. The van der Waals surface area contributed by atoms with E-state index in [1.165, 1.54) is 11.1 Å². The summed E-state index contributed by atoms with van der Waals surface area (Å²) in [6.45, 7) is 8.36. The molecule has 2 unspecified atom stereocenters. The zero-order valence-corrected chi connectivity index (χ0v) is 12.1. The largest absolute Gasteiger partial charge is 0.386 e. The van der Waals surface area contributed by atoms with Crippen LogP contribution in [0, 0.1) is 0 Å². The van der Waals surface area contributed by atoms with Crippen molar-refractivity contribution in [2.75, 3.05) is 13.2 Å². The van der Waals surface area contributed by atoms with E-state index in [4.69, 9.17) is 4.74 Å². The van der Waals surface area contributed by atoms with Crippen LogP contribution in [0.3, 0.4) is 0 Å². The second-order valence-corrected chi connectivity index (χ2v) is 5.87. The Bertz CT molecular complexity index is 402. The molecule has 3 heteroatoms. The summed E-state index contributed by atoms with van der Waals surface area (Å²) < 4.78 is 5.42. The van der Waals surface area contributed by atoms with Crippen molar-refractivity contribution in [3.05, 3.63) is 35.4 Å². The highest BCUT2D eigenvalue weighted by atomic mass is 16.5. The first kappa shape index (κ1) is 14.5. The topological polar surface area (TPSA) is 41.5 Å². The van der Waals surface area contributed by atoms with Crippen LogP contribution in [-0.4, -0.2) is 30.0 Å². The highest BCUT2D eigenvalue weighted by Crippen LogP contribution is 2.24. The van der Waals surface area contributed by atoms with Gasteiger partial charge in [-0.25, -0.2) is 0 Å². The number of hydrogen-bond acceptors (Lipinski definition) is 3. The molecule has 1 aliphatic heterocycles. The van der Waals surface area contributed by atoms with Gasteiger partial charge in [-0.05, 0) is 24.0 Å². The summed E-state index contributed by atoms with van der Waals surface area (Å²) in [5.74, 6) is 0.569. The fraction of sp³-hybridized carbons (Fsp3) is 0.625. The van der Waals surface area contributed by atoms with Crippen LogP contribution in [0.4, 0.5) is 0 Å². The summed E-state index contributed by atoms with van der Waals surface area (Å²) in [5.41, 5.74) is 1.90. The molecule has 0 bridgehead atoms. The number of benzene rings is 1. The van der Waals surface area contributed by atoms with E-state index in [2.05, 4.69) is 43.4 Å². The molecule has 2 atom stereocenters. The lowest BCUT2D eigenvalue weighted by Crippen LogP contribution is -2.45. The summed E-state index contributed by atoms with van der Waals surface area (Å²) >= 11 is 0. The molecule has 0 spiro atoms. The van der Waals surface area contributed by atoms with Crippen LogP contribution < -0.4 is 5.32 Å². The van der Waals surface area contributed by atoms with Gasteiger partial charge in [0, 0.05) is 26.1 Å². The van der Waals surface area contributed by atoms with Crippen molar-refractivity contribution < 1.29 is 9.84 Å². The first-order chi connectivity index (χ1) is 9.01. The number of rotatable bonds is 5. The van der Waals surface area contributed by atoms with Crippen molar-refractivity contribution in [2.24, 2.45) is 0 Å². The first-order valence-electron chi connectivity index (χ1n) is 7.15. The zero-order chi connectivity index (χ0) is 13.9. The van der Waals surface area contributed by atoms with Crippen molar-refractivity contribution in [3.63, 3.8) is 0 Å². The number of ether oxygens (including phenoxy) is 1. The molecule has 1 aromatic rings. The van der Waals surface area contributed by atoms with E-state index in [1.54, 1.807) is 0 Å². The van der Waals surface area contributed by atoms with E-state index in [-0.39, 0.29) is 6.10 Å². The summed E-state index contributed by atoms with van der Waals surface area (Å²) in [5, 5.41) is 13.7. The van der Waals surface area contributed by atoms with E-state index < -0.39 is 5.60 Å². The first-order valence-corrected chi connectivity index (χ1v) is 7.15. The van der Waals surface area contributed by atoms with Crippen molar-refractivity contribution in [1.82, 2.24) is 5.32 Å². The minimum Gasteiger partial charge on any atom is -0.386 e. The molecule has 2 rings (SSSR count). The Morgan fingerprint density at radius 3 is 2.58 bits per heavy atom. The standard InChI is InChI=1S/C16H25NO2/c1-12(2)15-6-4-14(5-7-15)10-17-11-16(18)8-9-19-13(16)3/h4-7,12-13,17-18H,8-11H2,1-3H3. The summed E-state index contributed by atoms with van der Waals surface area (Å²) in [4.78, 5) is 0. The van der Waals surface area contributed by atoms with E-state index >= 15 is 0 Å². The second-order valence-electron chi connectivity index (χ2n) is 5.87. The predicted molar refractivity (Wildman–Crippen MR) is 77.2 cm³/mol. The van der Waals surface area contributed by atoms with Gasteiger partial charge in [0.25, 0.3) is 0 Å². The van der Waals surface area contributed by atoms with Crippen molar-refractivity contribution in [2.45, 2.75) is 51.4 Å². The van der Waals surface area contributed by atoms with Crippen molar-refractivity contribution in [1.29, 1.82) is 0 Å². The van der Waals surface area contributed by atoms with Crippen LogP contribution in [0.15, 0.2) is 24.3 Å². The van der Waals surface area contributed by atoms with E-state index in [1.807, 2.05) is 6.92 Å². The van der Waals surface area contributed by atoms with Gasteiger partial charge in [0.05, 0.1) is 6.10 Å². The third-order valence-corrected chi connectivity index (χ3v) is 4.07. The van der Waals surface area contributed by atoms with Gasteiger partial charge in [-0.1, -0.05) is 38.1 Å². The van der Waals surface area contributed by atoms with Gasteiger partial charge < -0.3 is 15.2 Å². The Hall–Kier alpha value is -0.900. The Labute approximate surface area is 116 Å². The highest BCUT2D eigenvalue weighted by molar-refractivity contribution is 5.24. The van der Waals surface area contributed by atoms with Crippen molar-refractivity contribution in [3.8, 4) is 0 Å². The molecule has 0 radical (unpaired) electrons. The lowest BCUT2D eigenvalue weighted by atomic mass is 9.96. The Kier molecular flexibility index (Phi) is 4.61. The fourth-order valence-corrected chi connectivity index (χ4v) is 2.45. The minimum atomic E-state index is -0.710. The van der Waals surface area contributed by atoms with Crippen LogP contribution >= 0.6 is 0 Å². The van der Waals surface area contributed by atoms with E-state index in [0.717, 1.165) is 6.54 Å². The van der Waals surface area contributed by atoms with Crippen LogP contribution in [0.5, 0.6) is 0 Å². The Balaban J connectivity index is 1.82. The molecule has 1 saturated heterocycles. The maximum Gasteiger partial charge on any atom is 0.105 e. The van der Waals surface area contributed by atoms with Gasteiger partial charge in [-0.2, -0.15) is 0 Å². The van der Waals surface area contributed by atoms with Gasteiger partial charge in [0.15, 0.2) is 0 Å². The predicted octanol–water partition coefficient (Wildman–Crippen LogP) is 2.44. The third kappa shape index (κ3) is 3.56. The second kappa shape index (κ2) is 6.04. The van der Waals surface area contributed by atoms with Gasteiger partial charge in [-0.3, -0.25) is 0 Å². The average molecular weight is 263 g/mol. The zero-order valence-electron chi connectivity index (χ0n) is 12.1. The van der Waals surface area contributed by atoms with Crippen LogP contribution in [-0.2, 0) is 11.3 Å². The molecular formula is C16H25NO2. The molecule has 19 heavy (non-hydrogen) atoms. The van der Waals surface area contributed by atoms with Gasteiger partial charge >= 0.3 is 0 Å². The lowest BCUT2D eigenvalue weighted by Gasteiger charge is -2.26. The molecule has 0 amide bonds. The average Bonchev–Trinajstić information content (AvgIpc) is 2.70. The minimum absolute atomic E-state index is 0.0803. The quantitative estimate of drug-likeness (QED) is 0.857. The number of nitrogens with one attached hydrogen (secondary N) is 1.